The number of hydrogen-bond acceptors (Lipinski definition) is 3. The molecule has 84 valence electrons. The maximum absolute atomic E-state index is 13.5. The van der Waals surface area contributed by atoms with E-state index in [2.05, 4.69) is 9.68 Å². The van der Waals surface area contributed by atoms with E-state index in [4.69, 9.17) is 17.3 Å². The molecule has 0 radical (unpaired) electrons. The summed E-state index contributed by atoms with van der Waals surface area (Å²) in [7, 11) is 0. The van der Waals surface area contributed by atoms with Crippen LogP contribution in [0, 0.1) is 17.5 Å². The Morgan fingerprint density at radius 3 is 2.50 bits per heavy atom. The van der Waals surface area contributed by atoms with Gasteiger partial charge in [0.05, 0.1) is 22.3 Å². The van der Waals surface area contributed by atoms with Crippen LogP contribution in [0.3, 0.4) is 0 Å². The van der Waals surface area contributed by atoms with Crippen LogP contribution in [0.1, 0.15) is 0 Å². The summed E-state index contributed by atoms with van der Waals surface area (Å²) < 4.78 is 44.4. The molecule has 0 aliphatic rings. The van der Waals surface area contributed by atoms with E-state index in [-0.39, 0.29) is 11.4 Å². The van der Waals surface area contributed by atoms with Crippen LogP contribution in [0.25, 0.3) is 11.1 Å². The Morgan fingerprint density at radius 2 is 1.94 bits per heavy atom. The zero-order chi connectivity index (χ0) is 11.9. The average molecular weight is 249 g/mol. The summed E-state index contributed by atoms with van der Waals surface area (Å²) in [4.78, 5) is 0. The van der Waals surface area contributed by atoms with Gasteiger partial charge in [0, 0.05) is 0 Å². The number of aromatic nitrogens is 1. The maximum Gasteiger partial charge on any atom is 0.230 e. The third kappa shape index (κ3) is 1.51. The van der Waals surface area contributed by atoms with E-state index in [1.54, 1.807) is 0 Å². The quantitative estimate of drug-likeness (QED) is 0.790. The molecule has 16 heavy (non-hydrogen) atoms. The Kier molecular flexibility index (Phi) is 2.51. The lowest BCUT2D eigenvalue weighted by atomic mass is 10.1. The molecule has 7 heteroatoms. The maximum atomic E-state index is 13.5. The van der Waals surface area contributed by atoms with Crippen LogP contribution in [0.5, 0.6) is 0 Å². The highest BCUT2D eigenvalue weighted by atomic mass is 35.5. The van der Waals surface area contributed by atoms with Crippen LogP contribution < -0.4 is 5.73 Å². The summed E-state index contributed by atoms with van der Waals surface area (Å²) in [5, 5.41) is 2.69. The molecule has 0 saturated heterocycles. The van der Waals surface area contributed by atoms with Crippen molar-refractivity contribution in [2.45, 2.75) is 0 Å². The third-order valence-electron chi connectivity index (χ3n) is 1.98. The molecule has 0 atom stereocenters. The van der Waals surface area contributed by atoms with Crippen LogP contribution in [0.4, 0.5) is 19.1 Å². The first kappa shape index (κ1) is 10.8. The Balaban J connectivity index is 2.79. The topological polar surface area (TPSA) is 52.0 Å². The van der Waals surface area contributed by atoms with Crippen molar-refractivity contribution in [1.82, 2.24) is 5.16 Å². The zero-order valence-electron chi connectivity index (χ0n) is 7.60. The molecule has 1 heterocycles. The second-order valence-electron chi connectivity index (χ2n) is 2.95. The van der Waals surface area contributed by atoms with Crippen molar-refractivity contribution in [2.75, 3.05) is 5.73 Å². The Labute approximate surface area is 92.6 Å². The highest BCUT2D eigenvalue weighted by Gasteiger charge is 2.22. The summed E-state index contributed by atoms with van der Waals surface area (Å²) in [6.07, 6.45) is 0.979. The predicted molar refractivity (Wildman–Crippen MR) is 51.2 cm³/mol. The molecular formula is C9H4ClF3N2O. The number of benzene rings is 1. The van der Waals surface area contributed by atoms with Gasteiger partial charge >= 0.3 is 0 Å². The normalized spacial score (nSPS) is 10.8. The van der Waals surface area contributed by atoms with E-state index in [9.17, 15) is 13.2 Å². The van der Waals surface area contributed by atoms with Crippen molar-refractivity contribution in [3.8, 4) is 11.1 Å². The fourth-order valence-corrected chi connectivity index (χ4v) is 1.44. The van der Waals surface area contributed by atoms with Crippen molar-refractivity contribution in [1.29, 1.82) is 0 Å². The number of nitrogens with two attached hydrogens (primary N) is 1. The van der Waals surface area contributed by atoms with E-state index in [1.807, 2.05) is 0 Å². The molecule has 0 fully saturated rings. The number of halogens is 4. The summed E-state index contributed by atoms with van der Waals surface area (Å²) in [6.45, 7) is 0. The second-order valence-corrected chi connectivity index (χ2v) is 3.35. The van der Waals surface area contributed by atoms with E-state index >= 15 is 0 Å². The van der Waals surface area contributed by atoms with E-state index in [1.165, 1.54) is 0 Å². The summed E-state index contributed by atoms with van der Waals surface area (Å²) in [6, 6.07) is 0.541. The Hall–Kier alpha value is -1.69. The molecule has 2 N–H and O–H groups in total. The molecule has 1 aromatic heterocycles. The third-order valence-corrected chi connectivity index (χ3v) is 2.25. The van der Waals surface area contributed by atoms with E-state index in [0.29, 0.717) is 6.07 Å². The molecule has 2 aromatic rings. The lowest BCUT2D eigenvalue weighted by Gasteiger charge is -2.05. The molecule has 3 nitrogen and oxygen atoms in total. The number of nitrogen functional groups attached to an aromatic ring is 1. The van der Waals surface area contributed by atoms with Gasteiger partial charge in [0.2, 0.25) is 5.88 Å². The van der Waals surface area contributed by atoms with Gasteiger partial charge in [-0.2, -0.15) is 0 Å². The fraction of sp³-hybridized carbons (Fsp3) is 0. The van der Waals surface area contributed by atoms with Crippen LogP contribution >= 0.6 is 11.6 Å². The highest BCUT2D eigenvalue weighted by Crippen LogP contribution is 2.34. The van der Waals surface area contributed by atoms with Gasteiger partial charge < -0.3 is 10.3 Å². The SMILES string of the molecule is Nc1oncc1-c1c(F)c(F)cc(Cl)c1F. The summed E-state index contributed by atoms with van der Waals surface area (Å²) in [5.74, 6) is -4.10. The van der Waals surface area contributed by atoms with Gasteiger partial charge in [0.15, 0.2) is 17.5 Å². The first-order chi connectivity index (χ1) is 7.52. The average Bonchev–Trinajstić information content (AvgIpc) is 2.63. The molecule has 0 saturated carbocycles. The summed E-state index contributed by atoms with van der Waals surface area (Å²) >= 11 is 5.39. The lowest BCUT2D eigenvalue weighted by molar-refractivity contribution is 0.436. The molecule has 0 spiro atoms. The van der Waals surface area contributed by atoms with Crippen LogP contribution in [-0.2, 0) is 0 Å². The first-order valence-electron chi connectivity index (χ1n) is 4.06. The molecule has 0 aliphatic carbocycles. The molecule has 0 unspecified atom stereocenters. The van der Waals surface area contributed by atoms with E-state index in [0.717, 1.165) is 6.20 Å². The lowest BCUT2D eigenvalue weighted by Crippen LogP contribution is -1.97. The van der Waals surface area contributed by atoms with Crippen LogP contribution in [0.2, 0.25) is 5.02 Å². The number of anilines is 1. The highest BCUT2D eigenvalue weighted by molar-refractivity contribution is 6.31. The monoisotopic (exact) mass is 248 g/mol. The number of hydrogen-bond donors (Lipinski definition) is 1. The molecule has 1 aromatic carbocycles. The minimum Gasteiger partial charge on any atom is -0.367 e. The number of nitrogens with zero attached hydrogens (tertiary/aromatic N) is 1. The van der Waals surface area contributed by atoms with Crippen molar-refractivity contribution >= 4 is 17.5 Å². The second kappa shape index (κ2) is 3.71. The van der Waals surface area contributed by atoms with Gasteiger partial charge in [-0.25, -0.2) is 13.2 Å². The first-order valence-corrected chi connectivity index (χ1v) is 4.43. The van der Waals surface area contributed by atoms with Gasteiger partial charge in [-0.3, -0.25) is 0 Å². The minimum atomic E-state index is -1.39. The minimum absolute atomic E-state index is 0.184. The van der Waals surface area contributed by atoms with Crippen molar-refractivity contribution in [2.24, 2.45) is 0 Å². The van der Waals surface area contributed by atoms with Gasteiger partial charge in [-0.15, -0.1) is 0 Å². The molecule has 0 aliphatic heterocycles. The fourth-order valence-electron chi connectivity index (χ4n) is 1.25. The van der Waals surface area contributed by atoms with Gasteiger partial charge in [0.25, 0.3) is 0 Å². The molecule has 2 rings (SSSR count). The Bertz CT molecular complexity index is 530. The molecule has 0 bridgehead atoms. The largest absolute Gasteiger partial charge is 0.367 e. The van der Waals surface area contributed by atoms with Crippen LogP contribution in [0.15, 0.2) is 16.8 Å². The van der Waals surface area contributed by atoms with Gasteiger partial charge in [0.1, 0.15) is 0 Å². The van der Waals surface area contributed by atoms with Crippen molar-refractivity contribution < 1.29 is 17.7 Å². The van der Waals surface area contributed by atoms with E-state index < -0.39 is 28.0 Å². The Morgan fingerprint density at radius 1 is 1.25 bits per heavy atom. The van der Waals surface area contributed by atoms with Crippen LogP contribution in [-0.4, -0.2) is 5.16 Å². The van der Waals surface area contributed by atoms with Gasteiger partial charge in [-0.1, -0.05) is 16.8 Å². The van der Waals surface area contributed by atoms with Gasteiger partial charge in [-0.05, 0) is 6.07 Å². The van der Waals surface area contributed by atoms with Crippen molar-refractivity contribution in [3.05, 3.63) is 34.7 Å². The number of rotatable bonds is 1. The standard InChI is InChI=1S/C9H4ClF3N2O/c10-4-1-5(11)8(13)6(7(4)12)3-2-15-16-9(3)14/h1-2H,14H2. The smallest absolute Gasteiger partial charge is 0.230 e. The van der Waals surface area contributed by atoms with Crippen molar-refractivity contribution in [3.63, 3.8) is 0 Å². The predicted octanol–water partition coefficient (Wildman–Crippen LogP) is 2.99. The molecule has 0 amide bonds. The summed E-state index contributed by atoms with van der Waals surface area (Å²) in [5.41, 5.74) is 4.41. The zero-order valence-corrected chi connectivity index (χ0v) is 8.36. The molecular weight excluding hydrogens is 245 g/mol.